The fourth-order valence-electron chi connectivity index (χ4n) is 2.89. The highest BCUT2D eigenvalue weighted by atomic mass is 16.5. The Bertz CT molecular complexity index is 561. The van der Waals surface area contributed by atoms with Crippen LogP contribution in [0.1, 0.15) is 48.5 Å². The van der Waals surface area contributed by atoms with E-state index in [1.54, 1.807) is 13.8 Å². The second kappa shape index (κ2) is 8.82. The van der Waals surface area contributed by atoms with Crippen molar-refractivity contribution in [1.82, 2.24) is 10.1 Å². The zero-order chi connectivity index (χ0) is 17.5. The molecule has 1 aliphatic rings. The van der Waals surface area contributed by atoms with Gasteiger partial charge in [-0.05, 0) is 52.1 Å². The van der Waals surface area contributed by atoms with Crippen molar-refractivity contribution < 1.29 is 23.6 Å². The van der Waals surface area contributed by atoms with Crippen molar-refractivity contribution in [3.63, 3.8) is 0 Å². The Morgan fingerprint density at radius 2 is 1.96 bits per heavy atom. The van der Waals surface area contributed by atoms with Crippen LogP contribution in [0.15, 0.2) is 4.52 Å². The quantitative estimate of drug-likeness (QED) is 0.703. The largest absolute Gasteiger partial charge is 0.465 e. The van der Waals surface area contributed by atoms with E-state index in [-0.39, 0.29) is 11.9 Å². The van der Waals surface area contributed by atoms with E-state index in [1.165, 1.54) is 0 Å². The third-order valence-corrected chi connectivity index (χ3v) is 4.29. The summed E-state index contributed by atoms with van der Waals surface area (Å²) in [5, 5.41) is 3.88. The van der Waals surface area contributed by atoms with E-state index < -0.39 is 0 Å². The van der Waals surface area contributed by atoms with Gasteiger partial charge in [-0.15, -0.1) is 0 Å². The molecule has 7 nitrogen and oxygen atoms in total. The fourth-order valence-corrected chi connectivity index (χ4v) is 2.89. The first-order valence-corrected chi connectivity index (χ1v) is 8.55. The Balaban J connectivity index is 1.75. The molecule has 7 heteroatoms. The SMILES string of the molecule is CCOC(=O)CN1CCC(COC(=O)c2c(CC)noc2C)CC1. The zero-order valence-corrected chi connectivity index (χ0v) is 14.7. The Hall–Kier alpha value is -1.89. The van der Waals surface area contributed by atoms with Gasteiger partial charge in [0.05, 0.1) is 25.5 Å². The lowest BCUT2D eigenvalue weighted by Crippen LogP contribution is -2.39. The lowest BCUT2D eigenvalue weighted by Gasteiger charge is -2.30. The lowest BCUT2D eigenvalue weighted by molar-refractivity contribution is -0.144. The Labute approximate surface area is 142 Å². The molecule has 1 aromatic rings. The van der Waals surface area contributed by atoms with Crippen LogP contribution in [0.4, 0.5) is 0 Å². The average Bonchev–Trinajstić information content (AvgIpc) is 2.95. The van der Waals surface area contributed by atoms with Gasteiger partial charge in [0.25, 0.3) is 0 Å². The van der Waals surface area contributed by atoms with Gasteiger partial charge in [-0.3, -0.25) is 9.69 Å². The lowest BCUT2D eigenvalue weighted by atomic mass is 9.98. The predicted octanol–water partition coefficient (Wildman–Crippen LogP) is 1.98. The molecule has 0 N–H and O–H groups in total. The molecule has 0 aromatic carbocycles. The molecule has 0 unspecified atom stereocenters. The van der Waals surface area contributed by atoms with E-state index in [9.17, 15) is 9.59 Å². The van der Waals surface area contributed by atoms with Gasteiger partial charge in [0.1, 0.15) is 11.3 Å². The van der Waals surface area contributed by atoms with Crippen LogP contribution >= 0.6 is 0 Å². The Morgan fingerprint density at radius 3 is 2.58 bits per heavy atom. The van der Waals surface area contributed by atoms with E-state index in [0.29, 0.717) is 49.1 Å². The highest BCUT2D eigenvalue weighted by molar-refractivity contribution is 5.91. The molecule has 0 amide bonds. The summed E-state index contributed by atoms with van der Waals surface area (Å²) in [6, 6.07) is 0. The molecule has 0 radical (unpaired) electrons. The summed E-state index contributed by atoms with van der Waals surface area (Å²) < 4.78 is 15.5. The molecule has 0 aliphatic carbocycles. The minimum absolute atomic E-state index is 0.183. The van der Waals surface area contributed by atoms with Gasteiger partial charge in [0, 0.05) is 0 Å². The molecule has 1 aromatic heterocycles. The molecule has 0 spiro atoms. The first-order chi connectivity index (χ1) is 11.5. The van der Waals surface area contributed by atoms with Gasteiger partial charge in [0.15, 0.2) is 0 Å². The Morgan fingerprint density at radius 1 is 1.25 bits per heavy atom. The van der Waals surface area contributed by atoms with Crippen molar-refractivity contribution in [3.8, 4) is 0 Å². The molecule has 1 saturated heterocycles. The van der Waals surface area contributed by atoms with Crippen LogP contribution in [0.3, 0.4) is 0 Å². The van der Waals surface area contributed by atoms with Gasteiger partial charge in [0.2, 0.25) is 0 Å². The normalized spacial score (nSPS) is 16.1. The highest BCUT2D eigenvalue weighted by Gasteiger charge is 2.25. The molecule has 1 fully saturated rings. The summed E-state index contributed by atoms with van der Waals surface area (Å²) in [4.78, 5) is 25.8. The number of aromatic nitrogens is 1. The molecule has 2 heterocycles. The van der Waals surface area contributed by atoms with Crippen molar-refractivity contribution in [2.45, 2.75) is 40.0 Å². The van der Waals surface area contributed by atoms with Crippen LogP contribution in [-0.2, 0) is 20.7 Å². The smallest absolute Gasteiger partial charge is 0.343 e. The minimum Gasteiger partial charge on any atom is -0.465 e. The summed E-state index contributed by atoms with van der Waals surface area (Å²) in [6.45, 7) is 8.21. The van der Waals surface area contributed by atoms with Crippen molar-refractivity contribution >= 4 is 11.9 Å². The van der Waals surface area contributed by atoms with Gasteiger partial charge >= 0.3 is 11.9 Å². The van der Waals surface area contributed by atoms with E-state index in [2.05, 4.69) is 10.1 Å². The molecule has 0 saturated carbocycles. The van der Waals surface area contributed by atoms with Gasteiger partial charge in [-0.1, -0.05) is 12.1 Å². The number of rotatable bonds is 7. The first-order valence-electron chi connectivity index (χ1n) is 8.55. The number of esters is 2. The van der Waals surface area contributed by atoms with Crippen LogP contribution in [0.25, 0.3) is 0 Å². The molecule has 1 aliphatic heterocycles. The number of hydrogen-bond acceptors (Lipinski definition) is 7. The molecular weight excluding hydrogens is 312 g/mol. The molecule has 134 valence electrons. The third kappa shape index (κ3) is 4.80. The molecular formula is C17H26N2O5. The van der Waals surface area contributed by atoms with Crippen LogP contribution in [0.5, 0.6) is 0 Å². The summed E-state index contributed by atoms with van der Waals surface area (Å²) in [5.74, 6) is 0.274. The van der Waals surface area contributed by atoms with Crippen LogP contribution in [-0.4, -0.2) is 54.8 Å². The third-order valence-electron chi connectivity index (χ3n) is 4.29. The topological polar surface area (TPSA) is 81.9 Å². The summed E-state index contributed by atoms with van der Waals surface area (Å²) in [7, 11) is 0. The number of hydrogen-bond donors (Lipinski definition) is 0. The van der Waals surface area contributed by atoms with Crippen LogP contribution in [0.2, 0.25) is 0 Å². The highest BCUT2D eigenvalue weighted by Crippen LogP contribution is 2.20. The summed E-state index contributed by atoms with van der Waals surface area (Å²) in [6.07, 6.45) is 2.43. The van der Waals surface area contributed by atoms with Crippen molar-refractivity contribution in [3.05, 3.63) is 17.0 Å². The number of piperidine rings is 1. The number of nitrogens with zero attached hydrogens (tertiary/aromatic N) is 2. The number of carbonyl (C=O) groups excluding carboxylic acids is 2. The van der Waals surface area contributed by atoms with E-state index in [4.69, 9.17) is 14.0 Å². The second-order valence-corrected chi connectivity index (χ2v) is 6.04. The Kier molecular flexibility index (Phi) is 6.78. The van der Waals surface area contributed by atoms with E-state index in [0.717, 1.165) is 25.9 Å². The molecule has 0 atom stereocenters. The minimum atomic E-state index is -0.362. The maximum atomic E-state index is 12.2. The summed E-state index contributed by atoms with van der Waals surface area (Å²) >= 11 is 0. The van der Waals surface area contributed by atoms with E-state index in [1.807, 2.05) is 6.92 Å². The van der Waals surface area contributed by atoms with E-state index >= 15 is 0 Å². The van der Waals surface area contributed by atoms with Crippen LogP contribution in [0, 0.1) is 12.8 Å². The first kappa shape index (κ1) is 18.4. The maximum absolute atomic E-state index is 12.2. The van der Waals surface area contributed by atoms with Crippen molar-refractivity contribution in [2.75, 3.05) is 32.8 Å². The zero-order valence-electron chi connectivity index (χ0n) is 14.7. The number of aryl methyl sites for hydroxylation is 2. The molecule has 24 heavy (non-hydrogen) atoms. The fraction of sp³-hybridized carbons (Fsp3) is 0.706. The van der Waals surface area contributed by atoms with Crippen molar-refractivity contribution in [2.24, 2.45) is 5.92 Å². The summed E-state index contributed by atoms with van der Waals surface area (Å²) in [5.41, 5.74) is 1.10. The predicted molar refractivity (Wildman–Crippen MR) is 86.7 cm³/mol. The van der Waals surface area contributed by atoms with Gasteiger partial charge in [-0.25, -0.2) is 4.79 Å². The second-order valence-electron chi connectivity index (χ2n) is 6.04. The van der Waals surface area contributed by atoms with Gasteiger partial charge < -0.3 is 14.0 Å². The van der Waals surface area contributed by atoms with Gasteiger partial charge in [-0.2, -0.15) is 0 Å². The monoisotopic (exact) mass is 338 g/mol. The average molecular weight is 338 g/mol. The maximum Gasteiger partial charge on any atom is 0.343 e. The molecule has 2 rings (SSSR count). The van der Waals surface area contributed by atoms with Crippen LogP contribution < -0.4 is 0 Å². The number of likely N-dealkylation sites (tertiary alicyclic amines) is 1. The number of carbonyl (C=O) groups is 2. The molecule has 0 bridgehead atoms. The standard InChI is InChI=1S/C17H26N2O5/c1-4-14-16(12(3)24-18-14)17(21)23-11-13-6-8-19(9-7-13)10-15(20)22-5-2/h13H,4-11H2,1-3H3. The van der Waals surface area contributed by atoms with Crippen molar-refractivity contribution in [1.29, 1.82) is 0 Å². The number of ether oxygens (including phenoxy) is 2.